The van der Waals surface area contributed by atoms with Crippen molar-refractivity contribution < 1.29 is 14.3 Å². The van der Waals surface area contributed by atoms with Crippen molar-refractivity contribution in [1.29, 1.82) is 0 Å². The molecule has 1 heterocycles. The third kappa shape index (κ3) is 10.5. The van der Waals surface area contributed by atoms with Gasteiger partial charge < -0.3 is 30.3 Å². The van der Waals surface area contributed by atoms with Gasteiger partial charge in [0.2, 0.25) is 5.91 Å². The molecular weight excluding hydrogens is 432 g/mol. The normalized spacial score (nSPS) is 10.6. The molecule has 0 fully saturated rings. The quantitative estimate of drug-likeness (QED) is 0.310. The van der Waals surface area contributed by atoms with Crippen LogP contribution in [-0.4, -0.2) is 56.8 Å². The van der Waals surface area contributed by atoms with Gasteiger partial charge in [-0.05, 0) is 69.5 Å². The monoisotopic (exact) mass is 464 g/mol. The van der Waals surface area contributed by atoms with E-state index >= 15 is 0 Å². The van der Waals surface area contributed by atoms with Gasteiger partial charge in [-0.2, -0.15) is 0 Å². The largest absolute Gasteiger partial charge is 0.497 e. The standard InChI is InChI=1S/C22H32N4O3S2/c1-26(2)15-20-14-19(16-31-20)29-13-5-12-23-21(27)6-4-11-24-22(30)25-17-7-9-18(28-3)10-8-17/h7-10,14,16H,4-6,11-13,15H2,1-3H3,(H,23,27)(H2,24,25,30). The van der Waals surface area contributed by atoms with Gasteiger partial charge in [0.1, 0.15) is 11.5 Å². The third-order valence-electron chi connectivity index (χ3n) is 4.23. The molecule has 7 nitrogen and oxygen atoms in total. The number of amides is 1. The molecule has 2 aromatic rings. The molecular formula is C22H32N4O3S2. The molecule has 0 aliphatic heterocycles. The zero-order valence-corrected chi connectivity index (χ0v) is 20.0. The SMILES string of the molecule is COc1ccc(NC(=S)NCCCC(=O)NCCCOc2csc(CN(C)C)c2)cc1. The maximum Gasteiger partial charge on any atom is 0.220 e. The molecule has 0 saturated heterocycles. The maximum atomic E-state index is 11.9. The number of hydrogen-bond donors (Lipinski definition) is 3. The second kappa shape index (κ2) is 13.8. The Kier molecular flexibility index (Phi) is 11.1. The summed E-state index contributed by atoms with van der Waals surface area (Å²) in [5, 5.41) is 11.7. The number of thiophene rings is 1. The number of nitrogens with zero attached hydrogens (tertiary/aromatic N) is 1. The zero-order chi connectivity index (χ0) is 22.5. The molecule has 0 aliphatic rings. The van der Waals surface area contributed by atoms with Crippen LogP contribution in [0.1, 0.15) is 24.1 Å². The van der Waals surface area contributed by atoms with Crippen LogP contribution < -0.4 is 25.4 Å². The molecule has 0 bridgehead atoms. The van der Waals surface area contributed by atoms with Gasteiger partial charge in [0.15, 0.2) is 5.11 Å². The van der Waals surface area contributed by atoms with Crippen LogP contribution in [0.15, 0.2) is 35.7 Å². The summed E-state index contributed by atoms with van der Waals surface area (Å²) in [7, 11) is 5.73. The molecule has 9 heteroatoms. The molecule has 3 N–H and O–H groups in total. The van der Waals surface area contributed by atoms with E-state index in [1.807, 2.05) is 43.7 Å². The van der Waals surface area contributed by atoms with Gasteiger partial charge in [0.25, 0.3) is 0 Å². The summed E-state index contributed by atoms with van der Waals surface area (Å²) in [5.74, 6) is 1.74. The number of carbonyl (C=O) groups excluding carboxylic acids is 1. The fourth-order valence-electron chi connectivity index (χ4n) is 2.71. The number of anilines is 1. The summed E-state index contributed by atoms with van der Waals surface area (Å²) in [6.07, 6.45) is 1.94. The molecule has 2 rings (SSSR count). The van der Waals surface area contributed by atoms with Crippen molar-refractivity contribution in [2.45, 2.75) is 25.8 Å². The van der Waals surface area contributed by atoms with E-state index in [4.69, 9.17) is 21.7 Å². The van der Waals surface area contributed by atoms with Crippen molar-refractivity contribution in [3.63, 3.8) is 0 Å². The smallest absolute Gasteiger partial charge is 0.220 e. The highest BCUT2D eigenvalue weighted by atomic mass is 32.1. The Hall–Kier alpha value is -2.36. The molecule has 1 aromatic carbocycles. The number of thiocarbonyl (C=S) groups is 1. The lowest BCUT2D eigenvalue weighted by atomic mass is 10.3. The van der Waals surface area contributed by atoms with Crippen LogP contribution in [0.4, 0.5) is 5.69 Å². The second-order valence-corrected chi connectivity index (χ2v) is 8.66. The van der Waals surface area contributed by atoms with Gasteiger partial charge in [0.05, 0.1) is 13.7 Å². The lowest BCUT2D eigenvalue weighted by molar-refractivity contribution is -0.121. The Morgan fingerprint density at radius 2 is 1.84 bits per heavy atom. The molecule has 31 heavy (non-hydrogen) atoms. The fourth-order valence-corrected chi connectivity index (χ4v) is 3.85. The van der Waals surface area contributed by atoms with Crippen molar-refractivity contribution in [3.05, 3.63) is 40.6 Å². The summed E-state index contributed by atoms with van der Waals surface area (Å²) in [6, 6.07) is 9.59. The number of ether oxygens (including phenoxy) is 2. The zero-order valence-electron chi connectivity index (χ0n) is 18.4. The molecule has 1 amide bonds. The van der Waals surface area contributed by atoms with Crippen molar-refractivity contribution in [1.82, 2.24) is 15.5 Å². The van der Waals surface area contributed by atoms with E-state index in [9.17, 15) is 4.79 Å². The predicted octanol–water partition coefficient (Wildman–Crippen LogP) is 3.47. The minimum absolute atomic E-state index is 0.0413. The van der Waals surface area contributed by atoms with E-state index in [2.05, 4.69) is 26.9 Å². The van der Waals surface area contributed by atoms with Crippen molar-refractivity contribution in [3.8, 4) is 11.5 Å². The van der Waals surface area contributed by atoms with Gasteiger partial charge in [-0.15, -0.1) is 11.3 Å². The van der Waals surface area contributed by atoms with Gasteiger partial charge in [-0.1, -0.05) is 0 Å². The Morgan fingerprint density at radius 3 is 2.55 bits per heavy atom. The van der Waals surface area contributed by atoms with E-state index in [0.29, 0.717) is 37.7 Å². The molecule has 0 saturated carbocycles. The van der Waals surface area contributed by atoms with Crippen LogP contribution in [0.25, 0.3) is 0 Å². The van der Waals surface area contributed by atoms with Crippen LogP contribution in [0.2, 0.25) is 0 Å². The highest BCUT2D eigenvalue weighted by Gasteiger charge is 2.04. The Bertz CT molecular complexity index is 809. The number of methoxy groups -OCH3 is 1. The number of rotatable bonds is 13. The molecule has 0 radical (unpaired) electrons. The topological polar surface area (TPSA) is 74.9 Å². The summed E-state index contributed by atoms with van der Waals surface area (Å²) >= 11 is 6.97. The van der Waals surface area contributed by atoms with Crippen LogP contribution in [0.3, 0.4) is 0 Å². The number of benzene rings is 1. The van der Waals surface area contributed by atoms with Gasteiger partial charge >= 0.3 is 0 Å². The minimum atomic E-state index is 0.0413. The molecule has 170 valence electrons. The van der Waals surface area contributed by atoms with E-state index < -0.39 is 0 Å². The average molecular weight is 465 g/mol. The lowest BCUT2D eigenvalue weighted by Gasteiger charge is -2.11. The summed E-state index contributed by atoms with van der Waals surface area (Å²) in [4.78, 5) is 15.3. The van der Waals surface area contributed by atoms with E-state index in [1.165, 1.54) is 4.88 Å². The van der Waals surface area contributed by atoms with Crippen molar-refractivity contribution >= 4 is 40.3 Å². The molecule has 0 unspecified atom stereocenters. The van der Waals surface area contributed by atoms with E-state index in [-0.39, 0.29) is 5.91 Å². The summed E-state index contributed by atoms with van der Waals surface area (Å²) in [5.41, 5.74) is 0.884. The lowest BCUT2D eigenvalue weighted by Crippen LogP contribution is -2.31. The van der Waals surface area contributed by atoms with Crippen LogP contribution in [-0.2, 0) is 11.3 Å². The van der Waals surface area contributed by atoms with Crippen LogP contribution >= 0.6 is 23.6 Å². The highest BCUT2D eigenvalue weighted by Crippen LogP contribution is 2.22. The summed E-state index contributed by atoms with van der Waals surface area (Å²) < 4.78 is 10.9. The van der Waals surface area contributed by atoms with Gasteiger partial charge in [-0.3, -0.25) is 4.79 Å². The van der Waals surface area contributed by atoms with Gasteiger partial charge in [0, 0.05) is 42.0 Å². The third-order valence-corrected chi connectivity index (χ3v) is 5.37. The molecule has 0 aliphatic carbocycles. The van der Waals surface area contributed by atoms with Gasteiger partial charge in [-0.25, -0.2) is 0 Å². The number of carbonyl (C=O) groups is 1. The molecule has 0 spiro atoms. The molecule has 1 aromatic heterocycles. The fraction of sp³-hybridized carbons (Fsp3) is 0.455. The first-order valence-electron chi connectivity index (χ1n) is 10.3. The van der Waals surface area contributed by atoms with Crippen LogP contribution in [0.5, 0.6) is 11.5 Å². The molecule has 0 atom stereocenters. The van der Waals surface area contributed by atoms with E-state index in [1.54, 1.807) is 18.4 Å². The average Bonchev–Trinajstić information content (AvgIpc) is 3.18. The Balaban J connectivity index is 1.48. The van der Waals surface area contributed by atoms with Crippen molar-refractivity contribution in [2.75, 3.05) is 46.2 Å². The summed E-state index contributed by atoms with van der Waals surface area (Å²) in [6.45, 7) is 2.75. The second-order valence-electron chi connectivity index (χ2n) is 7.25. The Labute approximate surface area is 194 Å². The van der Waals surface area contributed by atoms with E-state index in [0.717, 1.165) is 30.2 Å². The first-order valence-corrected chi connectivity index (χ1v) is 11.6. The number of hydrogen-bond acceptors (Lipinski definition) is 6. The van der Waals surface area contributed by atoms with Crippen LogP contribution in [0, 0.1) is 0 Å². The predicted molar refractivity (Wildman–Crippen MR) is 131 cm³/mol. The first kappa shape index (κ1) is 24.9. The minimum Gasteiger partial charge on any atom is -0.497 e. The maximum absolute atomic E-state index is 11.9. The Morgan fingerprint density at radius 1 is 1.10 bits per heavy atom. The highest BCUT2D eigenvalue weighted by molar-refractivity contribution is 7.80. The number of nitrogens with one attached hydrogen (secondary N) is 3. The first-order chi connectivity index (χ1) is 15.0. The van der Waals surface area contributed by atoms with Crippen molar-refractivity contribution in [2.24, 2.45) is 0 Å².